The van der Waals surface area contributed by atoms with Crippen molar-refractivity contribution in [2.24, 2.45) is 5.41 Å². The number of hydrogen-bond acceptors (Lipinski definition) is 4. The molecule has 0 aliphatic carbocycles. The molecule has 1 aromatic carbocycles. The van der Waals surface area contributed by atoms with Crippen LogP contribution < -0.4 is 15.1 Å². The lowest BCUT2D eigenvalue weighted by Crippen LogP contribution is -2.47. The van der Waals surface area contributed by atoms with Gasteiger partial charge >= 0.3 is 0 Å². The molecule has 6 nitrogen and oxygen atoms in total. The zero-order valence-electron chi connectivity index (χ0n) is 17.2. The molecule has 1 aromatic heterocycles. The fourth-order valence-electron chi connectivity index (χ4n) is 3.58. The molecule has 0 saturated carbocycles. The van der Waals surface area contributed by atoms with Crippen LogP contribution >= 0.6 is 0 Å². The first kappa shape index (κ1) is 20.0. The van der Waals surface area contributed by atoms with Gasteiger partial charge < -0.3 is 15.1 Å². The van der Waals surface area contributed by atoms with Crippen LogP contribution in [0.2, 0.25) is 0 Å². The van der Waals surface area contributed by atoms with Crippen LogP contribution in [0.25, 0.3) is 0 Å². The molecule has 1 aliphatic heterocycles. The summed E-state index contributed by atoms with van der Waals surface area (Å²) in [7, 11) is 1.74. The third kappa shape index (κ3) is 3.52. The van der Waals surface area contributed by atoms with Gasteiger partial charge in [-0.25, -0.2) is 0 Å². The van der Waals surface area contributed by atoms with Gasteiger partial charge in [-0.05, 0) is 57.0 Å². The maximum atomic E-state index is 12.9. The van der Waals surface area contributed by atoms with E-state index < -0.39 is 5.41 Å². The topological polar surface area (TPSA) is 65.5 Å². The predicted octanol–water partition coefficient (Wildman–Crippen LogP) is 3.29. The second kappa shape index (κ2) is 7.72. The van der Waals surface area contributed by atoms with E-state index in [0.29, 0.717) is 13.1 Å². The Morgan fingerprint density at radius 1 is 1.14 bits per heavy atom. The molecule has 6 heteroatoms. The lowest BCUT2D eigenvalue weighted by molar-refractivity contribution is -0.137. The molecule has 0 bridgehead atoms. The second-order valence-electron chi connectivity index (χ2n) is 7.75. The van der Waals surface area contributed by atoms with E-state index in [1.165, 1.54) is 0 Å². The molecule has 2 aromatic rings. The molecule has 148 valence electrons. The Morgan fingerprint density at radius 3 is 2.54 bits per heavy atom. The van der Waals surface area contributed by atoms with E-state index in [4.69, 9.17) is 0 Å². The fourth-order valence-corrected chi connectivity index (χ4v) is 3.58. The molecule has 28 heavy (non-hydrogen) atoms. The first-order chi connectivity index (χ1) is 13.3. The minimum Gasteiger partial charge on any atom is -0.313 e. The van der Waals surface area contributed by atoms with Crippen LogP contribution in [0.1, 0.15) is 44.9 Å². The molecule has 0 radical (unpaired) electrons. The average molecular weight is 380 g/mol. The van der Waals surface area contributed by atoms with Crippen molar-refractivity contribution in [3.63, 3.8) is 0 Å². The maximum Gasteiger partial charge on any atom is 0.242 e. The van der Waals surface area contributed by atoms with Crippen LogP contribution in [0.5, 0.6) is 0 Å². The highest BCUT2D eigenvalue weighted by molar-refractivity contribution is 6.19. The number of fused-ring (bicyclic) bond motifs is 1. The Balaban J connectivity index is 1.88. The summed E-state index contributed by atoms with van der Waals surface area (Å²) in [6.07, 6.45) is 3.62. The molecule has 2 heterocycles. The van der Waals surface area contributed by atoms with Crippen LogP contribution in [-0.4, -0.2) is 30.4 Å². The van der Waals surface area contributed by atoms with Crippen molar-refractivity contribution >= 4 is 23.2 Å². The Labute approximate surface area is 166 Å². The van der Waals surface area contributed by atoms with E-state index >= 15 is 0 Å². The number of nitrogens with one attached hydrogen (secondary N) is 1. The van der Waals surface area contributed by atoms with Gasteiger partial charge in [-0.15, -0.1) is 0 Å². The number of nitrogens with zero attached hydrogens (tertiary/aromatic N) is 3. The number of amides is 2. The SMILES string of the molecule is CCN1C(=O)C(C)(C)C(=O)N(C)c2cc(CNC(C)c3cccnc3)ccc21. The van der Waals surface area contributed by atoms with E-state index in [0.717, 1.165) is 22.5 Å². The van der Waals surface area contributed by atoms with Crippen molar-refractivity contribution in [1.29, 1.82) is 0 Å². The summed E-state index contributed by atoms with van der Waals surface area (Å²) in [6, 6.07) is 10.1. The smallest absolute Gasteiger partial charge is 0.242 e. The highest BCUT2D eigenvalue weighted by Gasteiger charge is 2.45. The van der Waals surface area contributed by atoms with Crippen molar-refractivity contribution in [3.05, 3.63) is 53.9 Å². The van der Waals surface area contributed by atoms with Gasteiger partial charge in [-0.3, -0.25) is 14.6 Å². The van der Waals surface area contributed by atoms with Gasteiger partial charge in [0.1, 0.15) is 5.41 Å². The number of hydrogen-bond donors (Lipinski definition) is 1. The van der Waals surface area contributed by atoms with Crippen molar-refractivity contribution in [1.82, 2.24) is 10.3 Å². The summed E-state index contributed by atoms with van der Waals surface area (Å²) in [6.45, 7) is 8.58. The van der Waals surface area contributed by atoms with E-state index in [2.05, 4.69) is 17.2 Å². The molecule has 1 aliphatic rings. The number of aromatic nitrogens is 1. The highest BCUT2D eigenvalue weighted by Crippen LogP contribution is 2.38. The second-order valence-corrected chi connectivity index (χ2v) is 7.75. The fraction of sp³-hybridized carbons (Fsp3) is 0.409. The minimum absolute atomic E-state index is 0.152. The summed E-state index contributed by atoms with van der Waals surface area (Å²) < 4.78 is 0. The van der Waals surface area contributed by atoms with Crippen LogP contribution in [0.4, 0.5) is 11.4 Å². The van der Waals surface area contributed by atoms with Crippen LogP contribution in [-0.2, 0) is 16.1 Å². The van der Waals surface area contributed by atoms with Gasteiger partial charge in [0.2, 0.25) is 11.8 Å². The van der Waals surface area contributed by atoms with Crippen molar-refractivity contribution in [2.75, 3.05) is 23.4 Å². The van der Waals surface area contributed by atoms with Crippen LogP contribution in [0, 0.1) is 5.41 Å². The van der Waals surface area contributed by atoms with E-state index in [-0.39, 0.29) is 17.9 Å². The number of carbonyl (C=O) groups is 2. The van der Waals surface area contributed by atoms with Crippen LogP contribution in [0.15, 0.2) is 42.7 Å². The number of carbonyl (C=O) groups excluding carboxylic acids is 2. The third-order valence-electron chi connectivity index (χ3n) is 5.42. The maximum absolute atomic E-state index is 12.9. The number of pyridine rings is 1. The first-order valence-electron chi connectivity index (χ1n) is 9.63. The number of anilines is 2. The monoisotopic (exact) mass is 380 g/mol. The minimum atomic E-state index is -1.09. The number of rotatable bonds is 5. The first-order valence-corrected chi connectivity index (χ1v) is 9.63. The summed E-state index contributed by atoms with van der Waals surface area (Å²) in [4.78, 5) is 33.3. The third-order valence-corrected chi connectivity index (χ3v) is 5.42. The molecular weight excluding hydrogens is 352 g/mol. The Bertz CT molecular complexity index is 879. The molecule has 1 unspecified atom stereocenters. The molecule has 3 rings (SSSR count). The van der Waals surface area contributed by atoms with Gasteiger partial charge in [0.15, 0.2) is 0 Å². The lowest BCUT2D eigenvalue weighted by Gasteiger charge is -2.27. The molecule has 0 spiro atoms. The summed E-state index contributed by atoms with van der Waals surface area (Å²) in [5.74, 6) is -0.356. The average Bonchev–Trinajstić information content (AvgIpc) is 2.76. The van der Waals surface area contributed by atoms with Gasteiger partial charge in [0.25, 0.3) is 0 Å². The van der Waals surface area contributed by atoms with E-state index in [1.54, 1.807) is 36.9 Å². The van der Waals surface area contributed by atoms with Crippen molar-refractivity contribution in [3.8, 4) is 0 Å². The van der Waals surface area contributed by atoms with Gasteiger partial charge in [0.05, 0.1) is 11.4 Å². The number of benzene rings is 1. The molecule has 2 amide bonds. The standard InChI is InChI=1S/C22H28N4O2/c1-6-26-18-10-9-16(13-24-15(2)17-8-7-11-23-14-17)12-19(18)25(5)20(27)22(3,4)21(26)28/h7-12,14-15,24H,6,13H2,1-5H3. The molecular formula is C22H28N4O2. The van der Waals surface area contributed by atoms with Gasteiger partial charge in [0, 0.05) is 38.6 Å². The zero-order chi connectivity index (χ0) is 20.5. The lowest BCUT2D eigenvalue weighted by atomic mass is 9.90. The van der Waals surface area contributed by atoms with Gasteiger partial charge in [-0.2, -0.15) is 0 Å². The van der Waals surface area contributed by atoms with E-state index in [9.17, 15) is 9.59 Å². The van der Waals surface area contributed by atoms with Crippen molar-refractivity contribution < 1.29 is 9.59 Å². The quantitative estimate of drug-likeness (QED) is 0.809. The molecule has 0 saturated heterocycles. The highest BCUT2D eigenvalue weighted by atomic mass is 16.2. The predicted molar refractivity (Wildman–Crippen MR) is 111 cm³/mol. The summed E-state index contributed by atoms with van der Waals surface area (Å²) in [5.41, 5.74) is 2.63. The Hall–Kier alpha value is -2.73. The van der Waals surface area contributed by atoms with Gasteiger partial charge in [-0.1, -0.05) is 12.1 Å². The van der Waals surface area contributed by atoms with Crippen LogP contribution in [0.3, 0.4) is 0 Å². The Morgan fingerprint density at radius 2 is 1.89 bits per heavy atom. The molecule has 1 atom stereocenters. The zero-order valence-corrected chi connectivity index (χ0v) is 17.2. The summed E-state index contributed by atoms with van der Waals surface area (Å²) >= 11 is 0. The summed E-state index contributed by atoms with van der Waals surface area (Å²) in [5, 5.41) is 3.49. The molecule has 1 N–H and O–H groups in total. The Kier molecular flexibility index (Phi) is 5.52. The van der Waals surface area contributed by atoms with E-state index in [1.807, 2.05) is 43.5 Å². The van der Waals surface area contributed by atoms with Crippen molar-refractivity contribution in [2.45, 2.75) is 40.3 Å². The normalized spacial score (nSPS) is 17.3. The largest absolute Gasteiger partial charge is 0.313 e. The molecule has 0 fully saturated rings.